The Hall–Kier alpha value is -2.45. The van der Waals surface area contributed by atoms with Gasteiger partial charge in [-0.1, -0.05) is 23.7 Å². The average molecular weight is 353 g/mol. The van der Waals surface area contributed by atoms with Crippen molar-refractivity contribution in [3.63, 3.8) is 0 Å². The fraction of sp³-hybridized carbons (Fsp3) is 0.333. The van der Waals surface area contributed by atoms with Crippen LogP contribution in [-0.4, -0.2) is 46.2 Å². The molecule has 0 spiro atoms. The van der Waals surface area contributed by atoms with Crippen LogP contribution in [-0.2, 0) is 9.53 Å². The van der Waals surface area contributed by atoms with Crippen LogP contribution in [0.3, 0.4) is 0 Å². The predicted octanol–water partition coefficient (Wildman–Crippen LogP) is 2.39. The number of nitro groups is 1. The lowest BCUT2D eigenvalue weighted by atomic mass is 10.2. The quantitative estimate of drug-likeness (QED) is 0.471. The standard InChI is InChI=1S/C15H17ClN4O4/c1-11(2)18-9-24-10-19(15(18)17-20(22)23)14(21)8-5-12-3-6-13(16)7-4-12/h3-8,11H,9-10H2,1-2H3/b8-5+,17-15+. The van der Waals surface area contributed by atoms with E-state index >= 15 is 0 Å². The van der Waals surface area contributed by atoms with Crippen LogP contribution < -0.4 is 0 Å². The first-order chi connectivity index (χ1) is 11.4. The van der Waals surface area contributed by atoms with Crippen molar-refractivity contribution in [2.24, 2.45) is 5.10 Å². The minimum absolute atomic E-state index is 0.0352. The predicted molar refractivity (Wildman–Crippen MR) is 89.6 cm³/mol. The summed E-state index contributed by atoms with van der Waals surface area (Å²) in [6.07, 6.45) is 2.91. The highest BCUT2D eigenvalue weighted by molar-refractivity contribution is 6.30. The summed E-state index contributed by atoms with van der Waals surface area (Å²) in [6.45, 7) is 3.70. The van der Waals surface area contributed by atoms with E-state index < -0.39 is 10.9 Å². The second-order valence-corrected chi connectivity index (χ2v) is 5.75. The fourth-order valence-corrected chi connectivity index (χ4v) is 2.18. The minimum Gasteiger partial charge on any atom is -0.340 e. The molecule has 0 N–H and O–H groups in total. The van der Waals surface area contributed by atoms with Gasteiger partial charge in [-0.3, -0.25) is 4.79 Å². The van der Waals surface area contributed by atoms with Gasteiger partial charge < -0.3 is 9.64 Å². The van der Waals surface area contributed by atoms with E-state index in [4.69, 9.17) is 16.3 Å². The number of nitrogens with zero attached hydrogens (tertiary/aromatic N) is 4. The summed E-state index contributed by atoms with van der Waals surface area (Å²) < 4.78 is 5.33. The van der Waals surface area contributed by atoms with Crippen molar-refractivity contribution in [2.45, 2.75) is 19.9 Å². The van der Waals surface area contributed by atoms with Gasteiger partial charge in [-0.05, 0) is 37.6 Å². The molecule has 1 aromatic rings. The molecule has 0 saturated carbocycles. The monoisotopic (exact) mass is 352 g/mol. The van der Waals surface area contributed by atoms with Gasteiger partial charge in [0.05, 0.1) is 0 Å². The Morgan fingerprint density at radius 1 is 1.38 bits per heavy atom. The van der Waals surface area contributed by atoms with Crippen molar-refractivity contribution in [3.8, 4) is 0 Å². The van der Waals surface area contributed by atoms with Gasteiger partial charge in [0.2, 0.25) is 0 Å². The number of hydrogen-bond acceptors (Lipinski definition) is 4. The summed E-state index contributed by atoms with van der Waals surface area (Å²) in [4.78, 5) is 25.9. The first kappa shape index (κ1) is 17.9. The molecule has 0 atom stereocenters. The Balaban J connectivity index is 2.21. The molecule has 1 fully saturated rings. The molecule has 0 unspecified atom stereocenters. The smallest absolute Gasteiger partial charge is 0.284 e. The highest BCUT2D eigenvalue weighted by atomic mass is 35.5. The lowest BCUT2D eigenvalue weighted by Crippen LogP contribution is -2.55. The maximum atomic E-state index is 12.4. The van der Waals surface area contributed by atoms with E-state index in [1.54, 1.807) is 35.2 Å². The Morgan fingerprint density at radius 2 is 2.04 bits per heavy atom. The van der Waals surface area contributed by atoms with Crippen LogP contribution in [0.5, 0.6) is 0 Å². The number of hydrogen-bond donors (Lipinski definition) is 0. The van der Waals surface area contributed by atoms with Crippen LogP contribution in [0.2, 0.25) is 5.02 Å². The van der Waals surface area contributed by atoms with Crippen molar-refractivity contribution in [3.05, 3.63) is 51.0 Å². The zero-order valence-corrected chi connectivity index (χ0v) is 14.0. The zero-order chi connectivity index (χ0) is 17.7. The molecule has 1 amide bonds. The average Bonchev–Trinajstić information content (AvgIpc) is 2.53. The van der Waals surface area contributed by atoms with E-state index in [1.807, 2.05) is 13.8 Å². The van der Waals surface area contributed by atoms with Gasteiger partial charge in [0.15, 0.2) is 5.03 Å². The molecule has 2 rings (SSSR count). The molecular weight excluding hydrogens is 336 g/mol. The summed E-state index contributed by atoms with van der Waals surface area (Å²) in [5, 5.41) is 13.9. The molecule has 1 aliphatic rings. The Kier molecular flexibility index (Phi) is 5.88. The van der Waals surface area contributed by atoms with Gasteiger partial charge in [-0.2, -0.15) is 0 Å². The largest absolute Gasteiger partial charge is 0.340 e. The molecular formula is C15H17ClN4O4. The molecule has 1 saturated heterocycles. The molecule has 0 aromatic heterocycles. The molecule has 0 bridgehead atoms. The molecule has 1 aliphatic heterocycles. The number of rotatable bonds is 4. The topological polar surface area (TPSA) is 88.3 Å². The molecule has 9 heteroatoms. The van der Waals surface area contributed by atoms with Gasteiger partial charge in [-0.15, -0.1) is 0 Å². The third-order valence-electron chi connectivity index (χ3n) is 3.30. The second-order valence-electron chi connectivity index (χ2n) is 5.31. The van der Waals surface area contributed by atoms with Crippen molar-refractivity contribution >= 4 is 29.5 Å². The zero-order valence-electron chi connectivity index (χ0n) is 13.3. The second kappa shape index (κ2) is 7.89. The van der Waals surface area contributed by atoms with E-state index in [0.717, 1.165) is 10.5 Å². The number of ether oxygens (including phenoxy) is 1. The third kappa shape index (κ3) is 4.53. The Morgan fingerprint density at radius 3 is 2.62 bits per heavy atom. The van der Waals surface area contributed by atoms with E-state index in [0.29, 0.717) is 5.02 Å². The number of hydrazone groups is 1. The van der Waals surface area contributed by atoms with Crippen LogP contribution in [0.1, 0.15) is 19.4 Å². The molecule has 1 aromatic carbocycles. The maximum Gasteiger partial charge on any atom is 0.284 e. The summed E-state index contributed by atoms with van der Waals surface area (Å²) >= 11 is 5.81. The van der Waals surface area contributed by atoms with Crippen LogP contribution in [0.25, 0.3) is 6.08 Å². The minimum atomic E-state index is -0.820. The first-order valence-corrected chi connectivity index (χ1v) is 7.59. The summed E-state index contributed by atoms with van der Waals surface area (Å²) in [5.41, 5.74) is 0.777. The number of amides is 1. The highest BCUT2D eigenvalue weighted by Crippen LogP contribution is 2.14. The molecule has 128 valence electrons. The lowest BCUT2D eigenvalue weighted by Gasteiger charge is -2.37. The number of guanidine groups is 1. The molecule has 0 radical (unpaired) electrons. The number of carbonyl (C=O) groups excluding carboxylic acids is 1. The lowest BCUT2D eigenvalue weighted by molar-refractivity contribution is -0.486. The molecule has 1 heterocycles. The summed E-state index contributed by atoms with van der Waals surface area (Å²) in [6, 6.07) is 6.81. The van der Waals surface area contributed by atoms with Crippen LogP contribution in [0.15, 0.2) is 35.4 Å². The van der Waals surface area contributed by atoms with Gasteiger partial charge in [-0.25, -0.2) is 15.0 Å². The molecule has 24 heavy (non-hydrogen) atoms. The van der Waals surface area contributed by atoms with Crippen molar-refractivity contribution in [2.75, 3.05) is 13.5 Å². The normalized spacial score (nSPS) is 17.1. The van der Waals surface area contributed by atoms with Gasteiger partial charge in [0, 0.05) is 17.1 Å². The van der Waals surface area contributed by atoms with Gasteiger partial charge in [0.25, 0.3) is 11.9 Å². The number of halogens is 1. The van der Waals surface area contributed by atoms with Crippen LogP contribution >= 0.6 is 11.6 Å². The van der Waals surface area contributed by atoms with Crippen molar-refractivity contribution in [1.29, 1.82) is 0 Å². The van der Waals surface area contributed by atoms with E-state index in [-0.39, 0.29) is 25.5 Å². The van der Waals surface area contributed by atoms with Crippen molar-refractivity contribution in [1.82, 2.24) is 9.80 Å². The Labute approximate surface area is 144 Å². The SMILES string of the molecule is CC(C)N1COCN(C(=O)/C=C/c2ccc(Cl)cc2)/C1=N/[N+](=O)[O-]. The number of carbonyl (C=O) groups is 1. The first-order valence-electron chi connectivity index (χ1n) is 7.21. The fourth-order valence-electron chi connectivity index (χ4n) is 2.06. The maximum absolute atomic E-state index is 12.4. The van der Waals surface area contributed by atoms with Crippen molar-refractivity contribution < 1.29 is 14.6 Å². The van der Waals surface area contributed by atoms with Gasteiger partial charge >= 0.3 is 0 Å². The Bertz CT molecular complexity index is 673. The molecule has 8 nitrogen and oxygen atoms in total. The van der Waals surface area contributed by atoms with E-state index in [9.17, 15) is 14.9 Å². The van der Waals surface area contributed by atoms with Crippen LogP contribution in [0.4, 0.5) is 0 Å². The van der Waals surface area contributed by atoms with E-state index in [1.165, 1.54) is 6.08 Å². The van der Waals surface area contributed by atoms with E-state index in [2.05, 4.69) is 5.10 Å². The summed E-state index contributed by atoms with van der Waals surface area (Å²) in [7, 11) is 0. The van der Waals surface area contributed by atoms with Gasteiger partial charge in [0.1, 0.15) is 18.6 Å². The van der Waals surface area contributed by atoms with Crippen LogP contribution in [0, 0.1) is 10.1 Å². The summed E-state index contributed by atoms with van der Waals surface area (Å²) in [5.74, 6) is -0.497. The molecule has 0 aliphatic carbocycles. The third-order valence-corrected chi connectivity index (χ3v) is 3.55. The number of benzene rings is 1. The highest BCUT2D eigenvalue weighted by Gasteiger charge is 2.32.